The number of halogens is 1. The summed E-state index contributed by atoms with van der Waals surface area (Å²) in [6.45, 7) is 1.45. The molecule has 1 aromatic heterocycles. The Morgan fingerprint density at radius 3 is 3.04 bits per heavy atom. The minimum absolute atomic E-state index is 0.0296. The Labute approximate surface area is 144 Å². The van der Waals surface area contributed by atoms with Gasteiger partial charge in [-0.15, -0.1) is 11.3 Å². The second kappa shape index (κ2) is 6.75. The number of sulfonamides is 1. The molecule has 1 aliphatic heterocycles. The van der Waals surface area contributed by atoms with E-state index < -0.39 is 10.0 Å². The minimum atomic E-state index is -3.51. The molecule has 0 aliphatic carbocycles. The molecule has 3 rings (SSSR count). The zero-order chi connectivity index (χ0) is 16.4. The van der Waals surface area contributed by atoms with E-state index in [1.54, 1.807) is 18.2 Å². The van der Waals surface area contributed by atoms with Crippen molar-refractivity contribution in [1.82, 2.24) is 9.62 Å². The summed E-state index contributed by atoms with van der Waals surface area (Å²) in [5.74, 6) is 0. The zero-order valence-corrected chi connectivity index (χ0v) is 14.7. The molecule has 1 aliphatic rings. The molecule has 23 heavy (non-hydrogen) atoms. The first-order valence-electron chi connectivity index (χ1n) is 7.30. The third-order valence-corrected chi connectivity index (χ3v) is 7.52. The van der Waals surface area contributed by atoms with Gasteiger partial charge in [-0.25, -0.2) is 8.42 Å². The molecule has 122 valence electrons. The SMILES string of the molecule is N#CCCC1CN(S(=O)(=O)c2cc3ccc(Cl)cc3s2)CCN1. The lowest BCUT2D eigenvalue weighted by atomic mass is 10.1. The van der Waals surface area contributed by atoms with Gasteiger partial charge in [0.1, 0.15) is 4.21 Å². The van der Waals surface area contributed by atoms with Crippen molar-refractivity contribution in [3.63, 3.8) is 0 Å². The average Bonchev–Trinajstić information content (AvgIpc) is 2.97. The van der Waals surface area contributed by atoms with Gasteiger partial charge in [-0.05, 0) is 30.0 Å². The van der Waals surface area contributed by atoms with E-state index in [4.69, 9.17) is 16.9 Å². The Morgan fingerprint density at radius 1 is 1.43 bits per heavy atom. The molecule has 1 fully saturated rings. The predicted octanol–water partition coefficient (Wildman–Crippen LogP) is 2.82. The van der Waals surface area contributed by atoms with Crippen LogP contribution in [-0.4, -0.2) is 38.4 Å². The highest BCUT2D eigenvalue weighted by Gasteiger charge is 2.31. The fraction of sp³-hybridized carbons (Fsp3) is 0.400. The van der Waals surface area contributed by atoms with Crippen LogP contribution in [0.2, 0.25) is 5.02 Å². The monoisotopic (exact) mass is 369 g/mol. The van der Waals surface area contributed by atoms with Gasteiger partial charge in [-0.3, -0.25) is 0 Å². The number of benzene rings is 1. The number of hydrogen-bond acceptors (Lipinski definition) is 5. The first-order valence-corrected chi connectivity index (χ1v) is 9.94. The van der Waals surface area contributed by atoms with E-state index in [-0.39, 0.29) is 6.04 Å². The second-order valence-electron chi connectivity index (χ2n) is 5.46. The van der Waals surface area contributed by atoms with Gasteiger partial charge in [-0.2, -0.15) is 9.57 Å². The molecule has 5 nitrogen and oxygen atoms in total. The number of nitriles is 1. The molecular weight excluding hydrogens is 354 g/mol. The number of nitrogens with zero attached hydrogens (tertiary/aromatic N) is 2. The highest BCUT2D eigenvalue weighted by Crippen LogP contribution is 2.33. The van der Waals surface area contributed by atoms with Crippen LogP contribution in [0, 0.1) is 11.3 Å². The molecule has 2 heterocycles. The molecule has 0 radical (unpaired) electrons. The van der Waals surface area contributed by atoms with Crippen LogP contribution in [0.15, 0.2) is 28.5 Å². The topological polar surface area (TPSA) is 73.2 Å². The molecule has 0 amide bonds. The van der Waals surface area contributed by atoms with Crippen molar-refractivity contribution in [3.05, 3.63) is 29.3 Å². The zero-order valence-electron chi connectivity index (χ0n) is 12.3. The van der Waals surface area contributed by atoms with Crippen molar-refractivity contribution in [2.45, 2.75) is 23.1 Å². The number of hydrogen-bond donors (Lipinski definition) is 1. The Morgan fingerprint density at radius 2 is 2.26 bits per heavy atom. The van der Waals surface area contributed by atoms with Gasteiger partial charge in [0.25, 0.3) is 10.0 Å². The Kier molecular flexibility index (Phi) is 4.90. The van der Waals surface area contributed by atoms with Crippen LogP contribution in [0.1, 0.15) is 12.8 Å². The maximum atomic E-state index is 12.9. The van der Waals surface area contributed by atoms with Crippen LogP contribution in [-0.2, 0) is 10.0 Å². The maximum absolute atomic E-state index is 12.9. The molecule has 8 heteroatoms. The van der Waals surface area contributed by atoms with Crippen molar-refractivity contribution in [1.29, 1.82) is 5.26 Å². The molecule has 0 saturated carbocycles. The summed E-state index contributed by atoms with van der Waals surface area (Å²) in [5, 5.41) is 13.4. The van der Waals surface area contributed by atoms with E-state index in [2.05, 4.69) is 11.4 Å². The van der Waals surface area contributed by atoms with Gasteiger partial charge < -0.3 is 5.32 Å². The Bertz CT molecular complexity index is 857. The van der Waals surface area contributed by atoms with Crippen LogP contribution in [0.3, 0.4) is 0 Å². The van der Waals surface area contributed by atoms with Gasteiger partial charge >= 0.3 is 0 Å². The summed E-state index contributed by atoms with van der Waals surface area (Å²) in [6, 6.07) is 9.22. The largest absolute Gasteiger partial charge is 0.311 e. The minimum Gasteiger partial charge on any atom is -0.311 e. The molecule has 1 saturated heterocycles. The van der Waals surface area contributed by atoms with Crippen LogP contribution in [0.25, 0.3) is 10.1 Å². The average molecular weight is 370 g/mol. The summed E-state index contributed by atoms with van der Waals surface area (Å²) >= 11 is 7.21. The van der Waals surface area contributed by atoms with Gasteiger partial charge in [0, 0.05) is 41.8 Å². The fourth-order valence-electron chi connectivity index (χ4n) is 2.68. The van der Waals surface area contributed by atoms with Crippen molar-refractivity contribution in [2.24, 2.45) is 0 Å². The lowest BCUT2D eigenvalue weighted by Gasteiger charge is -2.32. The Hall–Kier alpha value is -1.17. The molecule has 1 atom stereocenters. The van der Waals surface area contributed by atoms with Crippen LogP contribution >= 0.6 is 22.9 Å². The van der Waals surface area contributed by atoms with Crippen molar-refractivity contribution >= 4 is 43.0 Å². The second-order valence-corrected chi connectivity index (χ2v) is 9.14. The van der Waals surface area contributed by atoms with E-state index in [9.17, 15) is 8.42 Å². The molecule has 1 aromatic carbocycles. The van der Waals surface area contributed by atoms with Crippen LogP contribution in [0.4, 0.5) is 0 Å². The molecule has 1 N–H and O–H groups in total. The lowest BCUT2D eigenvalue weighted by Crippen LogP contribution is -2.52. The van der Waals surface area contributed by atoms with Gasteiger partial charge in [0.05, 0.1) is 6.07 Å². The molecule has 2 aromatic rings. The number of piperazine rings is 1. The highest BCUT2D eigenvalue weighted by atomic mass is 35.5. The molecular formula is C15H16ClN3O2S2. The normalized spacial score (nSPS) is 19.7. The van der Waals surface area contributed by atoms with Gasteiger partial charge in [0.2, 0.25) is 0 Å². The van der Waals surface area contributed by atoms with E-state index >= 15 is 0 Å². The molecule has 1 unspecified atom stereocenters. The van der Waals surface area contributed by atoms with Crippen molar-refractivity contribution in [3.8, 4) is 6.07 Å². The predicted molar refractivity (Wildman–Crippen MR) is 92.2 cm³/mol. The van der Waals surface area contributed by atoms with Gasteiger partial charge in [0.15, 0.2) is 0 Å². The summed E-state index contributed by atoms with van der Waals surface area (Å²) in [7, 11) is -3.51. The summed E-state index contributed by atoms with van der Waals surface area (Å²) < 4.78 is 28.5. The van der Waals surface area contributed by atoms with E-state index in [0.29, 0.717) is 41.7 Å². The highest BCUT2D eigenvalue weighted by molar-refractivity contribution is 7.91. The Balaban J connectivity index is 1.86. The quantitative estimate of drug-likeness (QED) is 0.899. The smallest absolute Gasteiger partial charge is 0.252 e. The van der Waals surface area contributed by atoms with Crippen LogP contribution in [0.5, 0.6) is 0 Å². The standard InChI is InChI=1S/C15H16ClN3O2S2/c16-12-4-3-11-8-15(22-14(11)9-12)23(20,21)19-7-6-18-13(10-19)2-1-5-17/h3-4,8-9,13,18H,1-2,6-7,10H2. The van der Waals surface area contributed by atoms with E-state index in [0.717, 1.165) is 10.1 Å². The summed E-state index contributed by atoms with van der Waals surface area (Å²) in [4.78, 5) is 0. The van der Waals surface area contributed by atoms with Gasteiger partial charge in [-0.1, -0.05) is 17.7 Å². The van der Waals surface area contributed by atoms with Crippen molar-refractivity contribution < 1.29 is 8.42 Å². The molecule has 0 spiro atoms. The first kappa shape index (κ1) is 16.7. The van der Waals surface area contributed by atoms with Crippen molar-refractivity contribution in [2.75, 3.05) is 19.6 Å². The summed E-state index contributed by atoms with van der Waals surface area (Å²) in [5.41, 5.74) is 0. The number of fused-ring (bicyclic) bond motifs is 1. The van der Waals surface area contributed by atoms with E-state index in [1.807, 2.05) is 6.07 Å². The fourth-order valence-corrected chi connectivity index (χ4v) is 6.00. The number of thiophene rings is 1. The third-order valence-electron chi connectivity index (χ3n) is 3.88. The summed E-state index contributed by atoms with van der Waals surface area (Å²) in [6.07, 6.45) is 1.08. The lowest BCUT2D eigenvalue weighted by molar-refractivity contribution is 0.290. The number of rotatable bonds is 4. The molecule has 0 bridgehead atoms. The maximum Gasteiger partial charge on any atom is 0.252 e. The van der Waals surface area contributed by atoms with E-state index in [1.165, 1.54) is 15.6 Å². The first-order chi connectivity index (χ1) is 11.0. The number of nitrogens with one attached hydrogen (secondary N) is 1. The van der Waals surface area contributed by atoms with Crippen LogP contribution < -0.4 is 5.32 Å². The third kappa shape index (κ3) is 3.52.